The molecule has 1 N–H and O–H groups in total. The molecule has 0 unspecified atom stereocenters. The van der Waals surface area contributed by atoms with Crippen LogP contribution in [0, 0.1) is 5.41 Å². The molecule has 2 fully saturated rings. The minimum absolute atomic E-state index is 0.115. The standard InChI is InChI=1S/C17H25ClN2O/c1-19-9-4-7-17(13-21)8-10-20(12-16(17)19)11-14-5-2-3-6-15(14)18/h2-3,5-6,16,21H,4,7-13H2,1H3/t16-,17-/m1/s1. The second-order valence-electron chi connectivity index (χ2n) is 6.70. The molecule has 116 valence electrons. The molecular weight excluding hydrogens is 284 g/mol. The first kappa shape index (κ1) is 15.3. The summed E-state index contributed by atoms with van der Waals surface area (Å²) in [6.07, 6.45) is 3.46. The number of hydrogen-bond acceptors (Lipinski definition) is 3. The number of nitrogens with zero attached hydrogens (tertiary/aromatic N) is 2. The lowest BCUT2D eigenvalue weighted by molar-refractivity contribution is -0.0684. The van der Waals surface area contributed by atoms with Crippen LogP contribution in [0.15, 0.2) is 24.3 Å². The Balaban J connectivity index is 1.72. The molecule has 3 rings (SSSR count). The number of halogens is 1. The molecule has 2 aliphatic heterocycles. The summed E-state index contributed by atoms with van der Waals surface area (Å²) in [7, 11) is 2.20. The van der Waals surface area contributed by atoms with Crippen molar-refractivity contribution in [2.45, 2.75) is 31.8 Å². The van der Waals surface area contributed by atoms with E-state index in [0.717, 1.165) is 37.6 Å². The first-order valence-corrected chi connectivity index (χ1v) is 8.29. The van der Waals surface area contributed by atoms with Gasteiger partial charge in [-0.15, -0.1) is 0 Å². The normalized spacial score (nSPS) is 31.1. The van der Waals surface area contributed by atoms with Gasteiger partial charge >= 0.3 is 0 Å². The largest absolute Gasteiger partial charge is 0.396 e. The third kappa shape index (κ3) is 2.98. The zero-order valence-electron chi connectivity index (χ0n) is 12.8. The van der Waals surface area contributed by atoms with E-state index in [9.17, 15) is 5.11 Å². The Morgan fingerprint density at radius 3 is 2.86 bits per heavy atom. The van der Waals surface area contributed by atoms with Gasteiger partial charge < -0.3 is 10.0 Å². The molecule has 1 aromatic rings. The molecular formula is C17H25ClN2O. The number of piperidine rings is 2. The Bertz CT molecular complexity index is 495. The molecule has 3 nitrogen and oxygen atoms in total. The minimum Gasteiger partial charge on any atom is -0.396 e. The highest BCUT2D eigenvalue weighted by molar-refractivity contribution is 6.31. The number of benzene rings is 1. The lowest BCUT2D eigenvalue weighted by Gasteiger charge is -2.53. The SMILES string of the molecule is CN1CCC[C@]2(CO)CCN(Cc3ccccc3Cl)C[C@@H]12. The molecule has 0 amide bonds. The first-order valence-electron chi connectivity index (χ1n) is 7.91. The maximum atomic E-state index is 9.95. The van der Waals surface area contributed by atoms with Gasteiger partial charge in [0, 0.05) is 29.6 Å². The molecule has 2 atom stereocenters. The van der Waals surface area contributed by atoms with Crippen LogP contribution in [0.25, 0.3) is 0 Å². The number of likely N-dealkylation sites (N-methyl/N-ethyl adjacent to an activating group) is 1. The third-order valence-corrected chi connectivity index (χ3v) is 5.82. The van der Waals surface area contributed by atoms with Crippen LogP contribution in [0.1, 0.15) is 24.8 Å². The quantitative estimate of drug-likeness (QED) is 0.930. The monoisotopic (exact) mass is 308 g/mol. The molecule has 0 aliphatic carbocycles. The fourth-order valence-corrected chi connectivity index (χ4v) is 4.28. The summed E-state index contributed by atoms with van der Waals surface area (Å²) in [5, 5.41) is 10.8. The van der Waals surface area contributed by atoms with Gasteiger partial charge in [0.05, 0.1) is 6.61 Å². The van der Waals surface area contributed by atoms with Crippen LogP contribution in [0.5, 0.6) is 0 Å². The smallest absolute Gasteiger partial charge is 0.0503 e. The van der Waals surface area contributed by atoms with E-state index in [0.29, 0.717) is 12.6 Å². The van der Waals surface area contributed by atoms with E-state index in [1.165, 1.54) is 18.4 Å². The number of rotatable bonds is 3. The summed E-state index contributed by atoms with van der Waals surface area (Å²) in [6, 6.07) is 8.57. The zero-order chi connectivity index (χ0) is 14.9. The van der Waals surface area contributed by atoms with Crippen LogP contribution in [0.2, 0.25) is 5.02 Å². The van der Waals surface area contributed by atoms with Crippen molar-refractivity contribution < 1.29 is 5.11 Å². The average molecular weight is 309 g/mol. The Kier molecular flexibility index (Phi) is 4.55. The van der Waals surface area contributed by atoms with Gasteiger partial charge in [-0.2, -0.15) is 0 Å². The molecule has 0 spiro atoms. The molecule has 0 bridgehead atoms. The maximum Gasteiger partial charge on any atom is 0.0503 e. The topological polar surface area (TPSA) is 26.7 Å². The summed E-state index contributed by atoms with van der Waals surface area (Å²) in [4.78, 5) is 4.93. The molecule has 2 aliphatic rings. The van der Waals surface area contributed by atoms with E-state index in [-0.39, 0.29) is 5.41 Å². The van der Waals surface area contributed by atoms with E-state index in [1.54, 1.807) is 0 Å². The molecule has 2 saturated heterocycles. The van der Waals surface area contributed by atoms with Crippen molar-refractivity contribution in [1.82, 2.24) is 9.80 Å². The van der Waals surface area contributed by atoms with Crippen LogP contribution in [0.3, 0.4) is 0 Å². The summed E-state index contributed by atoms with van der Waals surface area (Å²) in [6.45, 7) is 4.46. The van der Waals surface area contributed by atoms with Crippen molar-refractivity contribution in [2.75, 3.05) is 33.3 Å². The maximum absolute atomic E-state index is 9.95. The van der Waals surface area contributed by atoms with Gasteiger partial charge in [-0.3, -0.25) is 4.90 Å². The fraction of sp³-hybridized carbons (Fsp3) is 0.647. The number of fused-ring (bicyclic) bond motifs is 1. The van der Waals surface area contributed by atoms with Crippen molar-refractivity contribution >= 4 is 11.6 Å². The molecule has 0 aromatic heterocycles. The van der Waals surface area contributed by atoms with Gasteiger partial charge in [-0.05, 0) is 51.0 Å². The second-order valence-corrected chi connectivity index (χ2v) is 7.10. The summed E-state index contributed by atoms with van der Waals surface area (Å²) in [5.41, 5.74) is 1.32. The van der Waals surface area contributed by atoms with Crippen molar-refractivity contribution in [3.8, 4) is 0 Å². The molecule has 4 heteroatoms. The number of aliphatic hydroxyl groups is 1. The van der Waals surface area contributed by atoms with Gasteiger partial charge in [-0.25, -0.2) is 0 Å². The summed E-state index contributed by atoms with van der Waals surface area (Å²) < 4.78 is 0. The average Bonchev–Trinajstić information content (AvgIpc) is 2.50. The highest BCUT2D eigenvalue weighted by Gasteiger charge is 2.46. The number of likely N-dealkylation sites (tertiary alicyclic amines) is 2. The summed E-state index contributed by atoms with van der Waals surface area (Å²) >= 11 is 6.29. The van der Waals surface area contributed by atoms with Crippen molar-refractivity contribution in [3.63, 3.8) is 0 Å². The fourth-order valence-electron chi connectivity index (χ4n) is 4.09. The Morgan fingerprint density at radius 1 is 1.29 bits per heavy atom. The van der Waals surface area contributed by atoms with Gasteiger partial charge in [-0.1, -0.05) is 29.8 Å². The highest BCUT2D eigenvalue weighted by atomic mass is 35.5. The lowest BCUT2D eigenvalue weighted by atomic mass is 9.69. The second kappa shape index (κ2) is 6.25. The van der Waals surface area contributed by atoms with Crippen LogP contribution in [-0.4, -0.2) is 54.2 Å². The van der Waals surface area contributed by atoms with Crippen molar-refractivity contribution in [2.24, 2.45) is 5.41 Å². The van der Waals surface area contributed by atoms with E-state index in [2.05, 4.69) is 29.0 Å². The van der Waals surface area contributed by atoms with E-state index < -0.39 is 0 Å². The van der Waals surface area contributed by atoms with Crippen LogP contribution in [-0.2, 0) is 6.54 Å². The zero-order valence-corrected chi connectivity index (χ0v) is 13.5. The number of hydrogen-bond donors (Lipinski definition) is 1. The molecule has 0 saturated carbocycles. The van der Waals surface area contributed by atoms with Crippen molar-refractivity contribution in [3.05, 3.63) is 34.9 Å². The molecule has 1 aromatic carbocycles. The minimum atomic E-state index is 0.115. The van der Waals surface area contributed by atoms with Gasteiger partial charge in [0.2, 0.25) is 0 Å². The van der Waals surface area contributed by atoms with Gasteiger partial charge in [0.1, 0.15) is 0 Å². The number of aliphatic hydroxyl groups excluding tert-OH is 1. The van der Waals surface area contributed by atoms with Crippen LogP contribution in [0.4, 0.5) is 0 Å². The van der Waals surface area contributed by atoms with E-state index in [1.807, 2.05) is 12.1 Å². The Morgan fingerprint density at radius 2 is 2.10 bits per heavy atom. The Hall–Kier alpha value is -0.610. The van der Waals surface area contributed by atoms with Gasteiger partial charge in [0.15, 0.2) is 0 Å². The van der Waals surface area contributed by atoms with E-state index in [4.69, 9.17) is 11.6 Å². The summed E-state index contributed by atoms with van der Waals surface area (Å²) in [5.74, 6) is 0. The first-order chi connectivity index (χ1) is 10.1. The van der Waals surface area contributed by atoms with Gasteiger partial charge in [0.25, 0.3) is 0 Å². The van der Waals surface area contributed by atoms with Crippen LogP contribution >= 0.6 is 11.6 Å². The Labute approximate surface area is 132 Å². The molecule has 2 heterocycles. The van der Waals surface area contributed by atoms with Crippen molar-refractivity contribution in [1.29, 1.82) is 0 Å². The predicted octanol–water partition coefficient (Wildman–Crippen LogP) is 2.62. The molecule has 0 radical (unpaired) electrons. The highest BCUT2D eigenvalue weighted by Crippen LogP contribution is 2.41. The van der Waals surface area contributed by atoms with Crippen LogP contribution < -0.4 is 0 Å². The lowest BCUT2D eigenvalue weighted by Crippen LogP contribution is -2.61. The molecule has 21 heavy (non-hydrogen) atoms. The predicted molar refractivity (Wildman–Crippen MR) is 86.5 cm³/mol. The third-order valence-electron chi connectivity index (χ3n) is 5.45. The van der Waals surface area contributed by atoms with E-state index >= 15 is 0 Å².